The molecule has 4 aromatic rings. The molecule has 15 heteroatoms. The van der Waals surface area contributed by atoms with Gasteiger partial charge in [-0.05, 0) is 55.3 Å². The predicted octanol–water partition coefficient (Wildman–Crippen LogP) is 3.57. The SMILES string of the molecule is CCOC(=O)C(Cc1cccc(Oc2ccccc2)c1)(OC[C@H]1O[C@@H](n2cnc3c(N)nc(Cl)nc32)[C@@H](F)[C@@H]1O)C(=O)OCC. The Morgan fingerprint density at radius 1 is 1.07 bits per heavy atom. The Balaban J connectivity index is 1.42. The molecule has 0 bridgehead atoms. The van der Waals surface area contributed by atoms with Gasteiger partial charge in [0.15, 0.2) is 23.9 Å². The first-order valence-corrected chi connectivity index (χ1v) is 14.5. The number of nitrogens with two attached hydrogens (primary N) is 1. The van der Waals surface area contributed by atoms with Gasteiger partial charge in [0.1, 0.15) is 29.2 Å². The van der Waals surface area contributed by atoms with Crippen molar-refractivity contribution in [2.75, 3.05) is 25.6 Å². The van der Waals surface area contributed by atoms with Crippen molar-refractivity contribution in [3.63, 3.8) is 0 Å². The Morgan fingerprint density at radius 3 is 2.44 bits per heavy atom. The summed E-state index contributed by atoms with van der Waals surface area (Å²) in [6, 6.07) is 15.8. The average molecular weight is 644 g/mol. The molecule has 0 radical (unpaired) electrons. The maximum absolute atomic E-state index is 15.5. The number of para-hydroxylation sites is 1. The number of nitrogens with zero attached hydrogens (tertiary/aromatic N) is 4. The summed E-state index contributed by atoms with van der Waals surface area (Å²) in [6.45, 7) is 2.41. The fourth-order valence-corrected chi connectivity index (χ4v) is 5.08. The fourth-order valence-electron chi connectivity index (χ4n) is 4.91. The molecule has 0 spiro atoms. The van der Waals surface area contributed by atoms with E-state index in [1.54, 1.807) is 50.2 Å². The van der Waals surface area contributed by atoms with Crippen molar-refractivity contribution in [2.45, 2.75) is 50.5 Å². The van der Waals surface area contributed by atoms with Crippen molar-refractivity contribution in [2.24, 2.45) is 0 Å². The van der Waals surface area contributed by atoms with Gasteiger partial charge in [-0.1, -0.05) is 30.3 Å². The van der Waals surface area contributed by atoms with Crippen LogP contribution in [-0.4, -0.2) is 80.4 Å². The second-order valence-electron chi connectivity index (χ2n) is 10.0. The molecule has 4 atom stereocenters. The minimum atomic E-state index is -2.33. The number of esters is 2. The van der Waals surface area contributed by atoms with Crippen molar-refractivity contribution >= 4 is 40.5 Å². The number of alkyl halides is 1. The van der Waals surface area contributed by atoms with Gasteiger partial charge in [0, 0.05) is 6.42 Å². The number of halogens is 2. The molecule has 1 aliphatic rings. The van der Waals surface area contributed by atoms with Crippen LogP contribution in [0, 0.1) is 0 Å². The van der Waals surface area contributed by atoms with E-state index in [0.717, 1.165) is 0 Å². The van der Waals surface area contributed by atoms with Gasteiger partial charge in [0.05, 0.1) is 26.1 Å². The van der Waals surface area contributed by atoms with E-state index >= 15 is 4.39 Å². The third kappa shape index (κ3) is 6.68. The molecule has 3 heterocycles. The number of carbonyl (C=O) groups is 2. The maximum Gasteiger partial charge on any atom is 0.350 e. The fraction of sp³-hybridized carbons (Fsp3) is 0.367. The Kier molecular flexibility index (Phi) is 9.77. The summed E-state index contributed by atoms with van der Waals surface area (Å²) in [5.74, 6) is -1.06. The van der Waals surface area contributed by atoms with Gasteiger partial charge in [-0.2, -0.15) is 9.97 Å². The van der Waals surface area contributed by atoms with E-state index in [0.29, 0.717) is 17.1 Å². The maximum atomic E-state index is 15.5. The summed E-state index contributed by atoms with van der Waals surface area (Å²) < 4.78 is 45.0. The lowest BCUT2D eigenvalue weighted by molar-refractivity contribution is -0.197. The number of fused-ring (bicyclic) bond motifs is 1. The van der Waals surface area contributed by atoms with Crippen molar-refractivity contribution in [3.8, 4) is 11.5 Å². The quantitative estimate of drug-likeness (QED) is 0.131. The van der Waals surface area contributed by atoms with Crippen LogP contribution in [0.15, 0.2) is 60.9 Å². The van der Waals surface area contributed by atoms with E-state index in [-0.39, 0.29) is 41.9 Å². The minimum Gasteiger partial charge on any atom is -0.463 e. The summed E-state index contributed by atoms with van der Waals surface area (Å²) in [6.07, 6.45) is -5.58. The molecule has 0 aliphatic carbocycles. The van der Waals surface area contributed by atoms with Crippen LogP contribution in [0.25, 0.3) is 11.2 Å². The predicted molar refractivity (Wildman–Crippen MR) is 158 cm³/mol. The first-order valence-electron chi connectivity index (χ1n) is 14.1. The van der Waals surface area contributed by atoms with Gasteiger partial charge < -0.3 is 34.5 Å². The van der Waals surface area contributed by atoms with Crippen molar-refractivity contribution < 1.29 is 42.8 Å². The lowest BCUT2D eigenvalue weighted by atomic mass is 9.93. The minimum absolute atomic E-state index is 0.0236. The Bertz CT molecular complexity index is 1640. The van der Waals surface area contributed by atoms with Crippen molar-refractivity contribution in [1.29, 1.82) is 0 Å². The van der Waals surface area contributed by atoms with E-state index in [9.17, 15) is 14.7 Å². The van der Waals surface area contributed by atoms with Gasteiger partial charge in [-0.25, -0.2) is 19.0 Å². The number of nitrogen functional groups attached to an aromatic ring is 1. The number of carbonyl (C=O) groups excluding carboxylic acids is 2. The van der Waals surface area contributed by atoms with E-state index in [2.05, 4.69) is 15.0 Å². The summed E-state index contributed by atoms with van der Waals surface area (Å²) in [5.41, 5.74) is 4.24. The van der Waals surface area contributed by atoms with Crippen LogP contribution >= 0.6 is 11.6 Å². The summed E-state index contributed by atoms with van der Waals surface area (Å²) in [4.78, 5) is 38.9. The van der Waals surface area contributed by atoms with Crippen LogP contribution in [0.5, 0.6) is 11.5 Å². The van der Waals surface area contributed by atoms with E-state index < -0.39 is 48.8 Å². The third-order valence-corrected chi connectivity index (χ3v) is 7.19. The molecule has 1 saturated heterocycles. The standard InChI is InChI=1S/C30H31ClFN5O8/c1-3-41-27(39)30(28(40)42-4-2,14-17-9-8-12-19(13-17)44-18-10-6-5-7-11-18)43-15-20-23(38)21(32)26(45-20)37-16-34-22-24(33)35-29(31)36-25(22)37/h5-13,16,20-21,23,26,38H,3-4,14-15H2,1-2H3,(H2,33,35,36)/t20-,21+,23-,26-/m1/s1. The smallest absolute Gasteiger partial charge is 0.350 e. The highest BCUT2D eigenvalue weighted by Gasteiger charge is 2.53. The second-order valence-corrected chi connectivity index (χ2v) is 10.4. The molecule has 1 aliphatic heterocycles. The molecule has 45 heavy (non-hydrogen) atoms. The number of benzene rings is 2. The molecule has 0 saturated carbocycles. The lowest BCUT2D eigenvalue weighted by Gasteiger charge is -2.31. The molecule has 0 unspecified atom stereocenters. The second kappa shape index (κ2) is 13.7. The molecule has 0 amide bonds. The number of ether oxygens (including phenoxy) is 5. The molecular weight excluding hydrogens is 613 g/mol. The number of aromatic nitrogens is 4. The third-order valence-electron chi connectivity index (χ3n) is 7.02. The number of aliphatic hydroxyl groups is 1. The largest absolute Gasteiger partial charge is 0.463 e. The molecule has 5 rings (SSSR count). The Labute approximate surface area is 262 Å². The van der Waals surface area contributed by atoms with Crippen LogP contribution in [0.4, 0.5) is 10.2 Å². The van der Waals surface area contributed by atoms with Crippen molar-refractivity contribution in [3.05, 3.63) is 71.8 Å². The molecule has 2 aromatic carbocycles. The molecule has 2 aromatic heterocycles. The monoisotopic (exact) mass is 643 g/mol. The van der Waals surface area contributed by atoms with Crippen molar-refractivity contribution in [1.82, 2.24) is 19.5 Å². The molecule has 3 N–H and O–H groups in total. The van der Waals surface area contributed by atoms with Gasteiger partial charge in [0.25, 0.3) is 5.60 Å². The van der Waals surface area contributed by atoms with E-state index in [1.165, 1.54) is 10.9 Å². The lowest BCUT2D eigenvalue weighted by Crippen LogP contribution is -2.54. The summed E-state index contributed by atoms with van der Waals surface area (Å²) in [7, 11) is 0. The zero-order valence-corrected chi connectivity index (χ0v) is 25.1. The number of aliphatic hydroxyl groups excluding tert-OH is 1. The highest BCUT2D eigenvalue weighted by atomic mass is 35.5. The van der Waals surface area contributed by atoms with Gasteiger partial charge in [-0.15, -0.1) is 0 Å². The zero-order chi connectivity index (χ0) is 32.1. The molecule has 238 valence electrons. The van der Waals surface area contributed by atoms with Crippen LogP contribution < -0.4 is 10.5 Å². The Morgan fingerprint density at radius 2 is 1.76 bits per heavy atom. The normalized spacial score (nSPS) is 19.8. The summed E-state index contributed by atoms with van der Waals surface area (Å²) >= 11 is 5.94. The van der Waals surface area contributed by atoms with Crippen LogP contribution in [0.2, 0.25) is 5.28 Å². The zero-order valence-electron chi connectivity index (χ0n) is 24.3. The van der Waals surface area contributed by atoms with Crippen LogP contribution in [-0.2, 0) is 35.0 Å². The number of hydrogen-bond acceptors (Lipinski definition) is 12. The van der Waals surface area contributed by atoms with Gasteiger partial charge in [0.2, 0.25) is 5.28 Å². The topological polar surface area (TPSA) is 170 Å². The van der Waals surface area contributed by atoms with Gasteiger partial charge in [-0.3, -0.25) is 4.57 Å². The number of anilines is 1. The van der Waals surface area contributed by atoms with Crippen LogP contribution in [0.1, 0.15) is 25.6 Å². The first-order chi connectivity index (χ1) is 21.7. The van der Waals surface area contributed by atoms with E-state index in [4.69, 9.17) is 41.0 Å². The van der Waals surface area contributed by atoms with Crippen LogP contribution in [0.3, 0.4) is 0 Å². The number of rotatable bonds is 12. The van der Waals surface area contributed by atoms with E-state index in [1.807, 2.05) is 18.2 Å². The number of hydrogen-bond donors (Lipinski definition) is 2. The Hall–Kier alpha value is -4.37. The molecule has 1 fully saturated rings. The highest BCUT2D eigenvalue weighted by molar-refractivity contribution is 6.28. The van der Waals surface area contributed by atoms with Gasteiger partial charge >= 0.3 is 11.9 Å². The molecular formula is C30H31ClFN5O8. The number of imidazole rings is 1. The molecule has 13 nitrogen and oxygen atoms in total. The average Bonchev–Trinajstić information content (AvgIpc) is 3.56. The summed E-state index contributed by atoms with van der Waals surface area (Å²) in [5, 5.41) is 10.6. The highest BCUT2D eigenvalue weighted by Crippen LogP contribution is 2.36. The first kappa shape index (κ1) is 32.0.